The highest BCUT2D eigenvalue weighted by molar-refractivity contribution is 7.99. The number of hydrogen-bond acceptors (Lipinski definition) is 4. The standard InChI is InChI=1S/C12H11Cl2N3S/c1-2-4-10-16-9(14)7-11(17-10)18-12-8(13)5-3-6-15-12/h3,5-7H,2,4H2,1H3. The summed E-state index contributed by atoms with van der Waals surface area (Å²) in [4.78, 5) is 12.8. The lowest BCUT2D eigenvalue weighted by atomic mass is 10.3. The summed E-state index contributed by atoms with van der Waals surface area (Å²) < 4.78 is 0. The van der Waals surface area contributed by atoms with E-state index in [1.807, 2.05) is 0 Å². The van der Waals surface area contributed by atoms with Gasteiger partial charge in [-0.3, -0.25) is 0 Å². The minimum Gasteiger partial charge on any atom is -0.248 e. The van der Waals surface area contributed by atoms with Crippen LogP contribution < -0.4 is 0 Å². The van der Waals surface area contributed by atoms with Crippen molar-refractivity contribution >= 4 is 35.0 Å². The average Bonchev–Trinajstić information content (AvgIpc) is 2.32. The Morgan fingerprint density at radius 1 is 1.28 bits per heavy atom. The molecule has 2 heterocycles. The summed E-state index contributed by atoms with van der Waals surface area (Å²) in [5.74, 6) is 0.750. The number of nitrogens with zero attached hydrogens (tertiary/aromatic N) is 3. The number of pyridine rings is 1. The zero-order valence-corrected chi connectivity index (χ0v) is 12.1. The fraction of sp³-hybridized carbons (Fsp3) is 0.250. The molecular formula is C12H11Cl2N3S. The molecule has 0 spiro atoms. The monoisotopic (exact) mass is 299 g/mol. The maximum Gasteiger partial charge on any atom is 0.133 e. The molecule has 2 aromatic rings. The summed E-state index contributed by atoms with van der Waals surface area (Å²) in [5.41, 5.74) is 0. The largest absolute Gasteiger partial charge is 0.248 e. The zero-order chi connectivity index (χ0) is 13.0. The third kappa shape index (κ3) is 3.57. The van der Waals surface area contributed by atoms with Crippen LogP contribution in [0.2, 0.25) is 10.2 Å². The third-order valence-corrected chi connectivity index (χ3v) is 3.66. The number of aryl methyl sites for hydroxylation is 1. The minimum atomic E-state index is 0.447. The number of rotatable bonds is 4. The van der Waals surface area contributed by atoms with Gasteiger partial charge in [-0.15, -0.1) is 0 Å². The van der Waals surface area contributed by atoms with Crippen LogP contribution in [-0.4, -0.2) is 15.0 Å². The lowest BCUT2D eigenvalue weighted by Gasteiger charge is -2.04. The minimum absolute atomic E-state index is 0.447. The van der Waals surface area contributed by atoms with Crippen molar-refractivity contribution in [2.75, 3.05) is 0 Å². The van der Waals surface area contributed by atoms with Crippen LogP contribution in [0.15, 0.2) is 34.4 Å². The van der Waals surface area contributed by atoms with Crippen molar-refractivity contribution in [3.8, 4) is 0 Å². The fourth-order valence-electron chi connectivity index (χ4n) is 1.37. The molecule has 0 saturated heterocycles. The molecule has 0 amide bonds. The van der Waals surface area contributed by atoms with Gasteiger partial charge >= 0.3 is 0 Å². The Hall–Kier alpha value is -0.840. The van der Waals surface area contributed by atoms with Gasteiger partial charge in [-0.1, -0.05) is 30.1 Å². The van der Waals surface area contributed by atoms with Gasteiger partial charge in [0.1, 0.15) is 21.0 Å². The van der Waals surface area contributed by atoms with Crippen LogP contribution in [0.25, 0.3) is 0 Å². The number of aromatic nitrogens is 3. The van der Waals surface area contributed by atoms with Gasteiger partial charge < -0.3 is 0 Å². The molecule has 2 aromatic heterocycles. The maximum atomic E-state index is 6.06. The molecule has 0 unspecified atom stereocenters. The molecule has 0 aromatic carbocycles. The van der Waals surface area contributed by atoms with Crippen LogP contribution in [0.5, 0.6) is 0 Å². The second-order valence-electron chi connectivity index (χ2n) is 3.59. The lowest BCUT2D eigenvalue weighted by molar-refractivity contribution is 0.809. The first-order chi connectivity index (χ1) is 8.69. The zero-order valence-electron chi connectivity index (χ0n) is 9.73. The first-order valence-corrected chi connectivity index (χ1v) is 7.08. The fourth-order valence-corrected chi connectivity index (χ4v) is 2.68. The molecular weight excluding hydrogens is 289 g/mol. The summed E-state index contributed by atoms with van der Waals surface area (Å²) in [5, 5.41) is 2.53. The molecule has 0 saturated carbocycles. The smallest absolute Gasteiger partial charge is 0.133 e. The van der Waals surface area contributed by atoms with E-state index < -0.39 is 0 Å². The van der Waals surface area contributed by atoms with Crippen LogP contribution >= 0.6 is 35.0 Å². The molecule has 6 heteroatoms. The summed E-state index contributed by atoms with van der Waals surface area (Å²) in [6.45, 7) is 2.08. The summed E-state index contributed by atoms with van der Waals surface area (Å²) in [6, 6.07) is 5.31. The van der Waals surface area contributed by atoms with Crippen LogP contribution in [0.3, 0.4) is 0 Å². The second kappa shape index (κ2) is 6.36. The molecule has 0 radical (unpaired) electrons. The second-order valence-corrected chi connectivity index (χ2v) is 5.39. The molecule has 3 nitrogen and oxygen atoms in total. The summed E-state index contributed by atoms with van der Waals surface area (Å²) >= 11 is 13.4. The van der Waals surface area contributed by atoms with Crippen LogP contribution in [0.4, 0.5) is 0 Å². The Balaban J connectivity index is 2.26. The van der Waals surface area contributed by atoms with Gasteiger partial charge in [0.2, 0.25) is 0 Å². The molecule has 18 heavy (non-hydrogen) atoms. The van der Waals surface area contributed by atoms with Crippen molar-refractivity contribution in [3.63, 3.8) is 0 Å². The first kappa shape index (κ1) is 13.6. The Bertz CT molecular complexity index is 549. The van der Waals surface area contributed by atoms with Gasteiger partial charge in [-0.2, -0.15) is 0 Å². The van der Waals surface area contributed by atoms with E-state index in [4.69, 9.17) is 23.2 Å². The predicted molar refractivity (Wildman–Crippen MR) is 74.4 cm³/mol. The van der Waals surface area contributed by atoms with Crippen LogP contribution in [0.1, 0.15) is 19.2 Å². The van der Waals surface area contributed by atoms with Gasteiger partial charge in [0, 0.05) is 18.7 Å². The van der Waals surface area contributed by atoms with Gasteiger partial charge in [-0.05, 0) is 30.3 Å². The summed E-state index contributed by atoms with van der Waals surface area (Å²) in [6.07, 6.45) is 3.49. The first-order valence-electron chi connectivity index (χ1n) is 5.51. The van der Waals surface area contributed by atoms with Gasteiger partial charge in [0.15, 0.2) is 0 Å². The van der Waals surface area contributed by atoms with E-state index in [2.05, 4.69) is 21.9 Å². The van der Waals surface area contributed by atoms with Gasteiger partial charge in [0.25, 0.3) is 0 Å². The SMILES string of the molecule is CCCc1nc(Cl)cc(Sc2ncccc2Cl)n1. The lowest BCUT2D eigenvalue weighted by Crippen LogP contribution is -1.96. The maximum absolute atomic E-state index is 6.06. The molecule has 0 aliphatic rings. The highest BCUT2D eigenvalue weighted by Gasteiger charge is 2.08. The van der Waals surface area contributed by atoms with Crippen molar-refractivity contribution in [2.45, 2.75) is 29.8 Å². The Morgan fingerprint density at radius 3 is 2.83 bits per heavy atom. The predicted octanol–water partition coefficient (Wildman–Crippen LogP) is 4.28. The van der Waals surface area contributed by atoms with E-state index in [1.54, 1.807) is 24.4 Å². The topological polar surface area (TPSA) is 38.7 Å². The molecule has 0 aliphatic carbocycles. The quantitative estimate of drug-likeness (QED) is 0.790. The van der Waals surface area contributed by atoms with Crippen LogP contribution in [-0.2, 0) is 6.42 Å². The number of hydrogen-bond donors (Lipinski definition) is 0. The number of halogens is 2. The Kier molecular flexibility index (Phi) is 4.80. The normalized spacial score (nSPS) is 10.6. The Morgan fingerprint density at radius 2 is 2.11 bits per heavy atom. The van der Waals surface area contributed by atoms with Crippen molar-refractivity contribution < 1.29 is 0 Å². The molecule has 0 fully saturated rings. The molecule has 0 bridgehead atoms. The van der Waals surface area contributed by atoms with Gasteiger partial charge in [0.05, 0.1) is 5.02 Å². The van der Waals surface area contributed by atoms with E-state index in [0.717, 1.165) is 28.7 Å². The van der Waals surface area contributed by atoms with E-state index in [-0.39, 0.29) is 0 Å². The molecule has 0 atom stereocenters. The Labute approximate surface area is 120 Å². The van der Waals surface area contributed by atoms with Crippen molar-refractivity contribution in [2.24, 2.45) is 0 Å². The molecule has 0 aliphatic heterocycles. The molecule has 94 valence electrons. The van der Waals surface area contributed by atoms with Crippen molar-refractivity contribution in [1.82, 2.24) is 15.0 Å². The highest BCUT2D eigenvalue weighted by atomic mass is 35.5. The highest BCUT2D eigenvalue weighted by Crippen LogP contribution is 2.30. The van der Waals surface area contributed by atoms with Crippen LogP contribution in [0, 0.1) is 0 Å². The van der Waals surface area contributed by atoms with E-state index in [9.17, 15) is 0 Å². The van der Waals surface area contributed by atoms with Gasteiger partial charge in [-0.25, -0.2) is 15.0 Å². The molecule has 2 rings (SSSR count). The van der Waals surface area contributed by atoms with Crippen molar-refractivity contribution in [3.05, 3.63) is 40.4 Å². The summed E-state index contributed by atoms with van der Waals surface area (Å²) in [7, 11) is 0. The van der Waals surface area contributed by atoms with E-state index in [0.29, 0.717) is 10.2 Å². The third-order valence-electron chi connectivity index (χ3n) is 2.12. The van der Waals surface area contributed by atoms with Crippen molar-refractivity contribution in [1.29, 1.82) is 0 Å². The molecule has 0 N–H and O–H groups in total. The van der Waals surface area contributed by atoms with E-state index >= 15 is 0 Å². The van der Waals surface area contributed by atoms with E-state index in [1.165, 1.54) is 11.8 Å². The average molecular weight is 300 g/mol.